The highest BCUT2D eigenvalue weighted by Crippen LogP contribution is 2.28. The van der Waals surface area contributed by atoms with Crippen molar-refractivity contribution in [3.63, 3.8) is 0 Å². The number of rotatable bonds is 7. The summed E-state index contributed by atoms with van der Waals surface area (Å²) in [6.45, 7) is 3.05. The van der Waals surface area contributed by atoms with Gasteiger partial charge in [-0.15, -0.1) is 0 Å². The van der Waals surface area contributed by atoms with E-state index in [4.69, 9.17) is 4.74 Å². The summed E-state index contributed by atoms with van der Waals surface area (Å²) in [4.78, 5) is 31.4. The average Bonchev–Trinajstić information content (AvgIpc) is 3.34. The van der Waals surface area contributed by atoms with Crippen molar-refractivity contribution in [2.75, 3.05) is 12.4 Å². The van der Waals surface area contributed by atoms with E-state index in [1.807, 2.05) is 0 Å². The zero-order valence-electron chi connectivity index (χ0n) is 17.7. The van der Waals surface area contributed by atoms with Gasteiger partial charge >= 0.3 is 0 Å². The number of nitrogens with one attached hydrogen (secondary N) is 3. The van der Waals surface area contributed by atoms with Crippen LogP contribution in [-0.4, -0.2) is 48.6 Å². The second-order valence-electron chi connectivity index (χ2n) is 7.90. The number of anilines is 1. The molecule has 0 fully saturated rings. The molecule has 4 aromatic rings. The maximum absolute atomic E-state index is 14.2. The van der Waals surface area contributed by atoms with Crippen LogP contribution in [0.4, 0.5) is 10.1 Å². The van der Waals surface area contributed by atoms with Crippen LogP contribution < -0.4 is 10.9 Å². The van der Waals surface area contributed by atoms with E-state index in [0.717, 1.165) is 5.39 Å². The lowest BCUT2D eigenvalue weighted by Crippen LogP contribution is -2.24. The number of halogens is 1. The maximum Gasteiger partial charge on any atom is 0.258 e. The normalized spacial score (nSPS) is 12.8. The highest BCUT2D eigenvalue weighted by molar-refractivity contribution is 5.98. The standard InChI is InChI=1S/C21H22FN7O3/c1-21(2,22)11-29-16-7-14(24-8-13(16)9-26-29)18-15(10-25-28-18)27-20(31)19(32-3)12-4-5-23-17(30)6-12/h4-10,19H,11H2,1-3H3,(H,23,30)(H,25,28)(H,27,31). The number of alkyl halides is 1. The summed E-state index contributed by atoms with van der Waals surface area (Å²) in [5, 5.41) is 14.6. The molecule has 0 aliphatic rings. The molecule has 166 valence electrons. The quantitative estimate of drug-likeness (QED) is 0.406. The summed E-state index contributed by atoms with van der Waals surface area (Å²) in [6.07, 6.45) is 5.15. The fourth-order valence-corrected chi connectivity index (χ4v) is 3.38. The van der Waals surface area contributed by atoms with Crippen LogP contribution in [0, 0.1) is 0 Å². The lowest BCUT2D eigenvalue weighted by Gasteiger charge is -2.15. The molecule has 0 spiro atoms. The number of carbonyl (C=O) groups excluding carboxylic acids is 1. The van der Waals surface area contributed by atoms with E-state index >= 15 is 0 Å². The van der Waals surface area contributed by atoms with E-state index in [1.54, 1.807) is 29.2 Å². The van der Waals surface area contributed by atoms with Crippen molar-refractivity contribution >= 4 is 22.5 Å². The number of aromatic amines is 2. The van der Waals surface area contributed by atoms with Crippen LogP contribution in [0.3, 0.4) is 0 Å². The monoisotopic (exact) mass is 439 g/mol. The summed E-state index contributed by atoms with van der Waals surface area (Å²) < 4.78 is 21.0. The van der Waals surface area contributed by atoms with Gasteiger partial charge in [0.05, 0.1) is 35.8 Å². The van der Waals surface area contributed by atoms with Gasteiger partial charge < -0.3 is 15.0 Å². The van der Waals surface area contributed by atoms with Gasteiger partial charge in [-0.25, -0.2) is 4.39 Å². The minimum Gasteiger partial charge on any atom is -0.367 e. The zero-order valence-corrected chi connectivity index (χ0v) is 17.7. The fourth-order valence-electron chi connectivity index (χ4n) is 3.38. The van der Waals surface area contributed by atoms with E-state index in [0.29, 0.717) is 28.2 Å². The number of pyridine rings is 2. The molecule has 1 unspecified atom stereocenters. The van der Waals surface area contributed by atoms with Crippen molar-refractivity contribution in [2.24, 2.45) is 0 Å². The van der Waals surface area contributed by atoms with Crippen LogP contribution in [0.2, 0.25) is 0 Å². The van der Waals surface area contributed by atoms with Gasteiger partial charge in [0.25, 0.3) is 5.91 Å². The van der Waals surface area contributed by atoms with Gasteiger partial charge in [0.15, 0.2) is 6.10 Å². The molecular weight excluding hydrogens is 417 g/mol. The molecule has 4 rings (SSSR count). The number of amides is 1. The molecule has 0 aliphatic carbocycles. The Hall–Kier alpha value is -3.86. The third-order valence-electron chi connectivity index (χ3n) is 4.78. The number of carbonyl (C=O) groups is 1. The Morgan fingerprint density at radius 2 is 2.12 bits per heavy atom. The highest BCUT2D eigenvalue weighted by atomic mass is 19.1. The van der Waals surface area contributed by atoms with E-state index in [-0.39, 0.29) is 12.1 Å². The highest BCUT2D eigenvalue weighted by Gasteiger charge is 2.23. The summed E-state index contributed by atoms with van der Waals surface area (Å²) in [5.41, 5.74) is 0.672. The molecule has 0 aliphatic heterocycles. The Labute approximate surface area is 181 Å². The first kappa shape index (κ1) is 21.4. The Bertz CT molecular complexity index is 1320. The van der Waals surface area contributed by atoms with Gasteiger partial charge in [0.1, 0.15) is 11.4 Å². The average molecular weight is 439 g/mol. The summed E-state index contributed by atoms with van der Waals surface area (Å²) in [7, 11) is 1.38. The molecule has 4 heterocycles. The molecular formula is C21H22FN7O3. The zero-order chi connectivity index (χ0) is 22.9. The van der Waals surface area contributed by atoms with Crippen molar-refractivity contribution in [3.05, 3.63) is 58.9 Å². The number of nitrogens with zero attached hydrogens (tertiary/aromatic N) is 4. The lowest BCUT2D eigenvalue weighted by atomic mass is 10.1. The second kappa shape index (κ2) is 8.35. The van der Waals surface area contributed by atoms with Crippen LogP contribution in [-0.2, 0) is 16.1 Å². The smallest absolute Gasteiger partial charge is 0.258 e. The van der Waals surface area contributed by atoms with E-state index in [9.17, 15) is 14.0 Å². The molecule has 0 saturated carbocycles. The molecule has 1 atom stereocenters. The van der Waals surface area contributed by atoms with Crippen LogP contribution in [0.15, 0.2) is 47.8 Å². The van der Waals surface area contributed by atoms with Gasteiger partial charge in [-0.1, -0.05) is 0 Å². The molecule has 0 saturated heterocycles. The summed E-state index contributed by atoms with van der Waals surface area (Å²) in [5.74, 6) is -0.481. The second-order valence-corrected chi connectivity index (χ2v) is 7.90. The summed E-state index contributed by atoms with van der Waals surface area (Å²) >= 11 is 0. The maximum atomic E-state index is 14.2. The minimum absolute atomic E-state index is 0.0816. The Kier molecular flexibility index (Phi) is 5.57. The van der Waals surface area contributed by atoms with Crippen molar-refractivity contribution < 1.29 is 13.9 Å². The van der Waals surface area contributed by atoms with E-state index in [1.165, 1.54) is 39.4 Å². The van der Waals surface area contributed by atoms with E-state index in [2.05, 4.69) is 30.6 Å². The van der Waals surface area contributed by atoms with Crippen LogP contribution >= 0.6 is 0 Å². The molecule has 3 N–H and O–H groups in total. The van der Waals surface area contributed by atoms with Crippen molar-refractivity contribution in [2.45, 2.75) is 32.2 Å². The summed E-state index contributed by atoms with van der Waals surface area (Å²) in [6, 6.07) is 4.64. The van der Waals surface area contributed by atoms with Gasteiger partial charge in [-0.2, -0.15) is 10.2 Å². The predicted octanol–water partition coefficient (Wildman–Crippen LogP) is 2.58. The number of hydrogen-bond acceptors (Lipinski definition) is 6. The third-order valence-corrected chi connectivity index (χ3v) is 4.78. The van der Waals surface area contributed by atoms with Crippen molar-refractivity contribution in [3.8, 4) is 11.4 Å². The van der Waals surface area contributed by atoms with Crippen LogP contribution in [0.1, 0.15) is 25.5 Å². The molecule has 0 radical (unpaired) electrons. The largest absolute Gasteiger partial charge is 0.367 e. The first-order chi connectivity index (χ1) is 15.2. The van der Waals surface area contributed by atoms with Gasteiger partial charge in [-0.3, -0.25) is 24.4 Å². The molecule has 4 aromatic heterocycles. The molecule has 10 nitrogen and oxygen atoms in total. The van der Waals surface area contributed by atoms with Crippen molar-refractivity contribution in [1.82, 2.24) is 29.9 Å². The lowest BCUT2D eigenvalue weighted by molar-refractivity contribution is -0.126. The van der Waals surface area contributed by atoms with Gasteiger partial charge in [-0.05, 0) is 31.5 Å². The molecule has 1 amide bonds. The molecule has 11 heteroatoms. The molecule has 0 bridgehead atoms. The first-order valence-electron chi connectivity index (χ1n) is 9.82. The van der Waals surface area contributed by atoms with Gasteiger partial charge in [0.2, 0.25) is 5.56 Å². The SMILES string of the molecule is COC(C(=O)Nc1cn[nH]c1-c1cc2c(cn1)cnn2CC(C)(C)F)c1cc[nH]c(=O)c1. The molecule has 0 aromatic carbocycles. The van der Waals surface area contributed by atoms with Crippen LogP contribution in [0.25, 0.3) is 22.3 Å². The number of aromatic nitrogens is 6. The van der Waals surface area contributed by atoms with Crippen molar-refractivity contribution in [1.29, 1.82) is 0 Å². The number of ether oxygens (including phenoxy) is 1. The number of hydrogen-bond donors (Lipinski definition) is 3. The van der Waals surface area contributed by atoms with Gasteiger partial charge in [0, 0.05) is 31.0 Å². The number of fused-ring (bicyclic) bond motifs is 1. The molecule has 32 heavy (non-hydrogen) atoms. The minimum atomic E-state index is -1.44. The third kappa shape index (κ3) is 4.42. The number of H-pyrrole nitrogens is 2. The predicted molar refractivity (Wildman–Crippen MR) is 116 cm³/mol. The fraction of sp³-hybridized carbons (Fsp3) is 0.286. The topological polar surface area (TPSA) is 131 Å². The Morgan fingerprint density at radius 3 is 2.84 bits per heavy atom. The van der Waals surface area contributed by atoms with Crippen LogP contribution in [0.5, 0.6) is 0 Å². The Morgan fingerprint density at radius 1 is 1.31 bits per heavy atom. The van der Waals surface area contributed by atoms with E-state index < -0.39 is 17.7 Å². The Balaban J connectivity index is 1.63. The number of methoxy groups -OCH3 is 1. The first-order valence-corrected chi connectivity index (χ1v) is 9.82.